The summed E-state index contributed by atoms with van der Waals surface area (Å²) < 4.78 is 5.88. The fourth-order valence-electron chi connectivity index (χ4n) is 2.22. The van der Waals surface area contributed by atoms with Crippen molar-refractivity contribution in [3.8, 4) is 0 Å². The highest BCUT2D eigenvalue weighted by Gasteiger charge is 2.48. The fourth-order valence-corrected chi connectivity index (χ4v) is 2.22. The molecule has 0 aromatic heterocycles. The smallest absolute Gasteiger partial charge is 0.0655 e. The molecule has 1 saturated carbocycles. The van der Waals surface area contributed by atoms with Crippen LogP contribution in [-0.2, 0) is 4.74 Å². The van der Waals surface area contributed by atoms with Crippen molar-refractivity contribution < 1.29 is 9.84 Å². The van der Waals surface area contributed by atoms with Gasteiger partial charge in [0.2, 0.25) is 0 Å². The van der Waals surface area contributed by atoms with Gasteiger partial charge in [-0.2, -0.15) is 0 Å². The van der Waals surface area contributed by atoms with E-state index in [1.54, 1.807) is 0 Å². The maximum atomic E-state index is 9.02. The number of unbranched alkanes of at least 4 members (excludes halogenated alkanes) is 1. The van der Waals surface area contributed by atoms with E-state index < -0.39 is 0 Å². The lowest BCUT2D eigenvalue weighted by Gasteiger charge is -2.52. The van der Waals surface area contributed by atoms with Crippen molar-refractivity contribution in [1.82, 2.24) is 5.32 Å². The third-order valence-electron chi connectivity index (χ3n) is 3.75. The molecule has 1 aliphatic rings. The lowest BCUT2D eigenvalue weighted by atomic mass is 9.64. The molecule has 0 spiro atoms. The van der Waals surface area contributed by atoms with Gasteiger partial charge < -0.3 is 15.2 Å². The molecular weight excluding hydrogens is 202 g/mol. The Labute approximate surface area is 99.6 Å². The molecule has 16 heavy (non-hydrogen) atoms. The molecule has 0 radical (unpaired) electrons. The molecule has 0 heterocycles. The van der Waals surface area contributed by atoms with Crippen LogP contribution in [0.1, 0.15) is 47.0 Å². The van der Waals surface area contributed by atoms with Gasteiger partial charge in [-0.25, -0.2) is 0 Å². The maximum Gasteiger partial charge on any atom is 0.0655 e. The van der Waals surface area contributed by atoms with E-state index in [4.69, 9.17) is 9.84 Å². The third-order valence-corrected chi connectivity index (χ3v) is 3.75. The minimum absolute atomic E-state index is 0.181. The Bertz CT molecular complexity index is 206. The van der Waals surface area contributed by atoms with E-state index in [1.807, 2.05) is 6.92 Å². The third kappa shape index (κ3) is 3.19. The fraction of sp³-hybridized carbons (Fsp3) is 1.00. The van der Waals surface area contributed by atoms with E-state index in [0.717, 1.165) is 19.4 Å². The molecule has 1 fully saturated rings. The highest BCUT2D eigenvalue weighted by molar-refractivity contribution is 5.03. The average molecular weight is 229 g/mol. The van der Waals surface area contributed by atoms with Crippen LogP contribution in [0.2, 0.25) is 0 Å². The maximum absolute atomic E-state index is 9.02. The molecule has 3 atom stereocenters. The largest absolute Gasteiger partial charge is 0.395 e. The summed E-state index contributed by atoms with van der Waals surface area (Å²) in [7, 11) is 0. The number of hydrogen-bond acceptors (Lipinski definition) is 3. The first-order valence-corrected chi connectivity index (χ1v) is 6.50. The van der Waals surface area contributed by atoms with E-state index in [1.165, 1.54) is 6.42 Å². The molecule has 2 N–H and O–H groups in total. The predicted molar refractivity (Wildman–Crippen MR) is 66.5 cm³/mol. The van der Waals surface area contributed by atoms with E-state index in [2.05, 4.69) is 26.1 Å². The van der Waals surface area contributed by atoms with Gasteiger partial charge in [-0.05, 0) is 19.8 Å². The van der Waals surface area contributed by atoms with Gasteiger partial charge in [-0.1, -0.05) is 27.2 Å². The molecule has 0 aromatic rings. The van der Waals surface area contributed by atoms with Crippen LogP contribution < -0.4 is 5.32 Å². The summed E-state index contributed by atoms with van der Waals surface area (Å²) in [6.45, 7) is 9.77. The Hall–Kier alpha value is -0.120. The first-order chi connectivity index (χ1) is 7.52. The second-order valence-corrected chi connectivity index (χ2v) is 5.57. The predicted octanol–water partition coefficient (Wildman–Crippen LogP) is 1.94. The SMILES string of the molecule is CCCCOC1CC(N[C@H](C)CO)C1(C)C. The topological polar surface area (TPSA) is 41.5 Å². The lowest BCUT2D eigenvalue weighted by Crippen LogP contribution is -2.62. The van der Waals surface area contributed by atoms with Gasteiger partial charge in [0.05, 0.1) is 12.7 Å². The molecule has 1 aliphatic carbocycles. The number of nitrogens with one attached hydrogen (secondary N) is 1. The second kappa shape index (κ2) is 5.99. The summed E-state index contributed by atoms with van der Waals surface area (Å²) in [4.78, 5) is 0. The molecule has 96 valence electrons. The highest BCUT2D eigenvalue weighted by Crippen LogP contribution is 2.43. The van der Waals surface area contributed by atoms with E-state index in [-0.39, 0.29) is 18.1 Å². The van der Waals surface area contributed by atoms with Gasteiger partial charge in [-0.3, -0.25) is 0 Å². The Morgan fingerprint density at radius 3 is 2.69 bits per heavy atom. The van der Waals surface area contributed by atoms with Gasteiger partial charge in [0.15, 0.2) is 0 Å². The van der Waals surface area contributed by atoms with Crippen molar-refractivity contribution in [3.05, 3.63) is 0 Å². The zero-order valence-electron chi connectivity index (χ0n) is 11.1. The van der Waals surface area contributed by atoms with E-state index in [9.17, 15) is 0 Å². The van der Waals surface area contributed by atoms with Crippen molar-refractivity contribution in [2.75, 3.05) is 13.2 Å². The zero-order valence-corrected chi connectivity index (χ0v) is 11.1. The quantitative estimate of drug-likeness (QED) is 0.656. The first-order valence-electron chi connectivity index (χ1n) is 6.50. The van der Waals surface area contributed by atoms with E-state index >= 15 is 0 Å². The molecule has 0 aromatic carbocycles. The lowest BCUT2D eigenvalue weighted by molar-refractivity contribution is -0.120. The molecule has 3 nitrogen and oxygen atoms in total. The van der Waals surface area contributed by atoms with Crippen molar-refractivity contribution in [2.45, 2.75) is 65.1 Å². The molecule has 0 amide bonds. The summed E-state index contributed by atoms with van der Waals surface area (Å²) >= 11 is 0. The zero-order chi connectivity index (χ0) is 12.2. The van der Waals surface area contributed by atoms with Gasteiger partial charge in [0, 0.05) is 24.1 Å². The summed E-state index contributed by atoms with van der Waals surface area (Å²) in [6, 6.07) is 0.655. The van der Waals surface area contributed by atoms with Crippen molar-refractivity contribution >= 4 is 0 Å². The highest BCUT2D eigenvalue weighted by atomic mass is 16.5. The van der Waals surface area contributed by atoms with Crippen LogP contribution in [0.3, 0.4) is 0 Å². The number of rotatable bonds is 7. The van der Waals surface area contributed by atoms with Gasteiger partial charge >= 0.3 is 0 Å². The summed E-state index contributed by atoms with van der Waals surface area (Å²) in [5.74, 6) is 0. The van der Waals surface area contributed by atoms with Gasteiger partial charge in [-0.15, -0.1) is 0 Å². The minimum atomic E-state index is 0.181. The van der Waals surface area contributed by atoms with Crippen LogP contribution >= 0.6 is 0 Å². The van der Waals surface area contributed by atoms with Crippen molar-refractivity contribution in [3.63, 3.8) is 0 Å². The van der Waals surface area contributed by atoms with Crippen LogP contribution in [0, 0.1) is 5.41 Å². The monoisotopic (exact) mass is 229 g/mol. The normalized spacial score (nSPS) is 29.8. The van der Waals surface area contributed by atoms with Gasteiger partial charge in [0.25, 0.3) is 0 Å². The molecule has 3 heteroatoms. The summed E-state index contributed by atoms with van der Waals surface area (Å²) in [6.07, 6.45) is 3.79. The molecule has 0 bridgehead atoms. The summed E-state index contributed by atoms with van der Waals surface area (Å²) in [5.41, 5.74) is 0.192. The Balaban J connectivity index is 2.29. The van der Waals surface area contributed by atoms with Crippen LogP contribution in [0.25, 0.3) is 0 Å². The number of hydrogen-bond donors (Lipinski definition) is 2. The second-order valence-electron chi connectivity index (χ2n) is 5.57. The van der Waals surface area contributed by atoms with Gasteiger partial charge in [0.1, 0.15) is 0 Å². The minimum Gasteiger partial charge on any atom is -0.395 e. The van der Waals surface area contributed by atoms with Crippen LogP contribution in [0.4, 0.5) is 0 Å². The van der Waals surface area contributed by atoms with Crippen LogP contribution in [0.5, 0.6) is 0 Å². The molecule has 0 saturated heterocycles. The average Bonchev–Trinajstić information content (AvgIpc) is 2.26. The van der Waals surface area contributed by atoms with Crippen molar-refractivity contribution in [1.29, 1.82) is 0 Å². The Kier molecular flexibility index (Phi) is 5.22. The Morgan fingerprint density at radius 2 is 2.19 bits per heavy atom. The van der Waals surface area contributed by atoms with Crippen LogP contribution in [0.15, 0.2) is 0 Å². The van der Waals surface area contributed by atoms with E-state index in [0.29, 0.717) is 12.1 Å². The number of aliphatic hydroxyl groups excluding tert-OH is 1. The molecule has 0 aliphatic heterocycles. The first kappa shape index (κ1) is 13.9. The molecular formula is C13H27NO2. The molecule has 1 rings (SSSR count). The molecule has 2 unspecified atom stereocenters. The van der Waals surface area contributed by atoms with Crippen molar-refractivity contribution in [2.24, 2.45) is 5.41 Å². The number of ether oxygens (including phenoxy) is 1. The number of aliphatic hydroxyl groups is 1. The standard InChI is InChI=1S/C13H27NO2/c1-5-6-7-16-12-8-11(13(12,3)4)14-10(2)9-15/h10-12,14-15H,5-9H2,1-4H3/t10-,11?,12?/m1/s1. The Morgan fingerprint density at radius 1 is 1.50 bits per heavy atom. The van der Waals surface area contributed by atoms with Crippen LogP contribution in [-0.4, -0.2) is 36.5 Å². The summed E-state index contributed by atoms with van der Waals surface area (Å²) in [5, 5.41) is 12.5.